The van der Waals surface area contributed by atoms with Gasteiger partial charge in [-0.1, -0.05) is 0 Å². The molecule has 175 valence electrons. The summed E-state index contributed by atoms with van der Waals surface area (Å²) >= 11 is 1.52. The van der Waals surface area contributed by atoms with Gasteiger partial charge in [-0.15, -0.1) is 23.5 Å². The third kappa shape index (κ3) is 6.36. The van der Waals surface area contributed by atoms with Crippen molar-refractivity contribution in [1.29, 1.82) is 0 Å². The van der Waals surface area contributed by atoms with E-state index in [1.165, 1.54) is 0 Å². The summed E-state index contributed by atoms with van der Waals surface area (Å²) in [7, 11) is -8.71. The van der Waals surface area contributed by atoms with Gasteiger partial charge in [0, 0.05) is 28.7 Å². The summed E-state index contributed by atoms with van der Waals surface area (Å²) in [5.74, 6) is -7.25. The summed E-state index contributed by atoms with van der Waals surface area (Å²) in [6, 6.07) is 2.59. The second-order valence-electron chi connectivity index (χ2n) is 5.96. The molecule has 5 N–H and O–H groups in total. The van der Waals surface area contributed by atoms with E-state index in [2.05, 4.69) is 6.07 Å². The zero-order chi connectivity index (χ0) is 24.4. The second kappa shape index (κ2) is 9.67. The molecule has 0 aliphatic rings. The number of pyridine rings is 1. The minimum absolute atomic E-state index is 0.0333. The Morgan fingerprint density at radius 3 is 1.78 bits per heavy atom. The molecule has 2 aromatic rings. The van der Waals surface area contributed by atoms with Gasteiger partial charge in [0.25, 0.3) is 20.2 Å². The molecular formula is C15H14NO12S4. The monoisotopic (exact) mass is 528 g/mol. The van der Waals surface area contributed by atoms with Gasteiger partial charge in [0.1, 0.15) is 0 Å². The van der Waals surface area contributed by atoms with Crippen LogP contribution in [0.2, 0.25) is 0 Å². The second-order valence-corrected chi connectivity index (χ2v) is 11.3. The average Bonchev–Trinajstić information content (AvgIpc) is 2.94. The van der Waals surface area contributed by atoms with Crippen LogP contribution < -0.4 is 0 Å². The number of fused-ring (bicyclic) bond motifs is 1. The largest absolute Gasteiger partial charge is 0.478 e. The molecule has 1 radical (unpaired) electrons. The van der Waals surface area contributed by atoms with Crippen molar-refractivity contribution in [2.24, 2.45) is 0 Å². The topological polar surface area (TPSA) is 225 Å². The Kier molecular flexibility index (Phi) is 7.84. The van der Waals surface area contributed by atoms with Crippen molar-refractivity contribution in [1.82, 2.24) is 4.40 Å². The van der Waals surface area contributed by atoms with E-state index in [9.17, 15) is 46.5 Å². The molecule has 0 bridgehead atoms. The average molecular weight is 529 g/mol. The molecule has 0 aromatic carbocycles. The number of hydrogen-bond acceptors (Lipinski definition) is 9. The Labute approximate surface area is 188 Å². The van der Waals surface area contributed by atoms with Gasteiger partial charge in [-0.25, -0.2) is 14.4 Å². The van der Waals surface area contributed by atoms with E-state index in [1.807, 2.05) is 0 Å². The summed E-state index contributed by atoms with van der Waals surface area (Å²) in [5.41, 5.74) is -3.12. The summed E-state index contributed by atoms with van der Waals surface area (Å²) < 4.78 is 62.7. The van der Waals surface area contributed by atoms with Crippen LogP contribution >= 0.6 is 23.5 Å². The van der Waals surface area contributed by atoms with Crippen LogP contribution in [0.3, 0.4) is 0 Å². The minimum Gasteiger partial charge on any atom is -0.478 e. The van der Waals surface area contributed by atoms with Crippen LogP contribution in [-0.2, 0) is 20.2 Å². The van der Waals surface area contributed by atoms with Crippen molar-refractivity contribution in [2.45, 2.75) is 9.92 Å². The Balaban J connectivity index is 2.75. The fraction of sp³-hybridized carbons (Fsp3) is 0.267. The van der Waals surface area contributed by atoms with E-state index in [0.717, 1.165) is 34.1 Å². The molecule has 0 unspecified atom stereocenters. The quantitative estimate of drug-likeness (QED) is 0.201. The predicted molar refractivity (Wildman–Crippen MR) is 111 cm³/mol. The van der Waals surface area contributed by atoms with Crippen LogP contribution in [0, 0.1) is 6.07 Å². The van der Waals surface area contributed by atoms with Crippen LogP contribution in [0.25, 0.3) is 5.52 Å². The van der Waals surface area contributed by atoms with Crippen LogP contribution in [0.15, 0.2) is 16.1 Å². The van der Waals surface area contributed by atoms with Crippen LogP contribution in [-0.4, -0.2) is 86.6 Å². The van der Waals surface area contributed by atoms with Gasteiger partial charge in [-0.3, -0.25) is 9.11 Å². The maximum atomic E-state index is 11.8. The maximum absolute atomic E-state index is 11.8. The lowest BCUT2D eigenvalue weighted by molar-refractivity contribution is 0.0633. The number of hydrogen-bond donors (Lipinski definition) is 5. The first-order valence-corrected chi connectivity index (χ1v) is 13.3. The molecule has 2 rings (SSSR count). The highest BCUT2D eigenvalue weighted by Crippen LogP contribution is 2.36. The molecule has 17 heteroatoms. The number of aromatic nitrogens is 1. The lowest BCUT2D eigenvalue weighted by Crippen LogP contribution is -2.17. The van der Waals surface area contributed by atoms with Crippen molar-refractivity contribution in [3.63, 3.8) is 0 Å². The predicted octanol–water partition coefficient (Wildman–Crippen LogP) is 0.794. The Hall–Kier alpha value is -2.31. The van der Waals surface area contributed by atoms with Gasteiger partial charge in [-0.2, -0.15) is 16.8 Å². The first kappa shape index (κ1) is 25.9. The Morgan fingerprint density at radius 2 is 1.34 bits per heavy atom. The number of nitrogens with zero attached hydrogens (tertiary/aromatic N) is 1. The highest BCUT2D eigenvalue weighted by Gasteiger charge is 2.30. The zero-order valence-corrected chi connectivity index (χ0v) is 18.8. The summed E-state index contributed by atoms with van der Waals surface area (Å²) in [5, 5.41) is 28.4. The molecule has 13 nitrogen and oxygen atoms in total. The molecule has 0 aliphatic heterocycles. The molecule has 0 fully saturated rings. The van der Waals surface area contributed by atoms with Gasteiger partial charge >= 0.3 is 17.9 Å². The molecule has 0 amide bonds. The number of carboxylic acid groups (broad SMARTS) is 3. The van der Waals surface area contributed by atoms with Crippen LogP contribution in [0.5, 0.6) is 0 Å². The standard InChI is InChI=1S/C15H14NO12S4/c17-13(18)7-6-16-8(11(15(21)22)10(7)14(19)20)5-9(29-1-3-31(23,24)25)12(16)30-2-4-32(26,27)28/h6H,1-4H2,(H,17,18)(H,19,20)(H,21,22)(H,23,24,25)(H,26,27,28). The summed E-state index contributed by atoms with van der Waals surface area (Å²) in [6.07, 6.45) is 0.826. The van der Waals surface area contributed by atoms with Crippen LogP contribution in [0.4, 0.5) is 0 Å². The zero-order valence-electron chi connectivity index (χ0n) is 15.6. The molecule has 32 heavy (non-hydrogen) atoms. The fourth-order valence-electron chi connectivity index (χ4n) is 2.50. The Morgan fingerprint density at radius 1 is 0.844 bits per heavy atom. The number of aromatic carboxylic acids is 3. The highest BCUT2D eigenvalue weighted by atomic mass is 32.2. The smallest absolute Gasteiger partial charge is 0.338 e. The van der Waals surface area contributed by atoms with Crippen molar-refractivity contribution >= 4 is 67.2 Å². The Bertz CT molecular complexity index is 1310. The maximum Gasteiger partial charge on any atom is 0.338 e. The van der Waals surface area contributed by atoms with E-state index in [-0.39, 0.29) is 26.9 Å². The third-order valence-electron chi connectivity index (χ3n) is 3.73. The number of rotatable bonds is 11. The number of carbonyl (C=O) groups is 3. The minimum atomic E-state index is -4.37. The van der Waals surface area contributed by atoms with Gasteiger partial charge in [-0.05, 0) is 0 Å². The van der Waals surface area contributed by atoms with E-state index >= 15 is 0 Å². The third-order valence-corrected chi connectivity index (χ3v) is 7.89. The van der Waals surface area contributed by atoms with E-state index in [4.69, 9.17) is 9.11 Å². The van der Waals surface area contributed by atoms with E-state index < -0.39 is 66.3 Å². The van der Waals surface area contributed by atoms with Crippen molar-refractivity contribution < 1.29 is 55.6 Å². The number of carboxylic acids is 3. The lowest BCUT2D eigenvalue weighted by atomic mass is 10.0. The first-order chi connectivity index (χ1) is 14.6. The van der Waals surface area contributed by atoms with Crippen LogP contribution in [0.1, 0.15) is 31.1 Å². The first-order valence-electron chi connectivity index (χ1n) is 8.12. The lowest BCUT2D eigenvalue weighted by Gasteiger charge is -2.11. The fourth-order valence-corrected chi connectivity index (χ4v) is 6.46. The molecule has 2 aromatic heterocycles. The van der Waals surface area contributed by atoms with Gasteiger partial charge in [0.2, 0.25) is 0 Å². The molecule has 0 saturated heterocycles. The van der Waals surface area contributed by atoms with Crippen molar-refractivity contribution in [3.05, 3.63) is 29.0 Å². The molecule has 0 aliphatic carbocycles. The molecule has 0 saturated carbocycles. The van der Waals surface area contributed by atoms with Gasteiger partial charge in [0.05, 0.1) is 38.7 Å². The van der Waals surface area contributed by atoms with Crippen molar-refractivity contribution in [2.75, 3.05) is 23.0 Å². The molecule has 2 heterocycles. The molecule has 0 atom stereocenters. The van der Waals surface area contributed by atoms with Gasteiger partial charge < -0.3 is 19.7 Å². The summed E-state index contributed by atoms with van der Waals surface area (Å²) in [4.78, 5) is 35.0. The molecule has 0 spiro atoms. The van der Waals surface area contributed by atoms with E-state index in [1.54, 1.807) is 0 Å². The normalized spacial score (nSPS) is 12.2. The van der Waals surface area contributed by atoms with Gasteiger partial charge in [0.15, 0.2) is 0 Å². The SMILES string of the molecule is O=C(O)c1cn2c(SCCS(=O)(=O)O)c(SCCS(=O)(=O)O)[c]c2c(C(=O)O)c1C(=O)O. The number of thioether (sulfide) groups is 2. The summed E-state index contributed by atoms with van der Waals surface area (Å²) in [6.45, 7) is 0. The van der Waals surface area contributed by atoms with E-state index in [0.29, 0.717) is 0 Å². The highest BCUT2D eigenvalue weighted by molar-refractivity contribution is 8.03. The van der Waals surface area contributed by atoms with Crippen molar-refractivity contribution in [3.8, 4) is 0 Å². The molecular weight excluding hydrogens is 514 g/mol.